The summed E-state index contributed by atoms with van der Waals surface area (Å²) in [5, 5.41) is 3.11. The zero-order valence-electron chi connectivity index (χ0n) is 9.58. The molecule has 0 aromatic heterocycles. The minimum absolute atomic E-state index is 0.723. The number of nitrogens with zero attached hydrogens (tertiary/aromatic N) is 1. The lowest BCUT2D eigenvalue weighted by Gasteiger charge is -2.20. The second kappa shape index (κ2) is 5.46. The van der Waals surface area contributed by atoms with Crippen molar-refractivity contribution in [2.45, 2.75) is 0 Å². The summed E-state index contributed by atoms with van der Waals surface area (Å²) < 4.78 is 5.17. The maximum Gasteiger partial charge on any atom is 0.122 e. The summed E-state index contributed by atoms with van der Waals surface area (Å²) in [4.78, 5) is 2.13. The van der Waals surface area contributed by atoms with Gasteiger partial charge < -0.3 is 20.7 Å². The Morgan fingerprint density at radius 1 is 1.40 bits per heavy atom. The molecule has 0 fully saturated rings. The Morgan fingerprint density at radius 3 is 2.73 bits per heavy atom. The number of nitrogen functional groups attached to an aromatic ring is 1. The molecule has 0 spiro atoms. The Balaban J connectivity index is 2.78. The second-order valence-corrected chi connectivity index (χ2v) is 3.49. The zero-order chi connectivity index (χ0) is 11.3. The van der Waals surface area contributed by atoms with E-state index in [1.165, 1.54) is 0 Å². The first-order chi connectivity index (χ1) is 7.17. The molecule has 1 aromatic carbocycles. The second-order valence-electron chi connectivity index (χ2n) is 3.49. The van der Waals surface area contributed by atoms with E-state index < -0.39 is 0 Å². The van der Waals surface area contributed by atoms with E-state index in [0.717, 1.165) is 30.2 Å². The molecule has 0 aliphatic heterocycles. The van der Waals surface area contributed by atoms with Crippen LogP contribution in [0.2, 0.25) is 0 Å². The van der Waals surface area contributed by atoms with Crippen molar-refractivity contribution in [3.8, 4) is 5.75 Å². The predicted molar refractivity (Wildman–Crippen MR) is 64.6 cm³/mol. The third-order valence-electron chi connectivity index (χ3n) is 2.29. The quantitative estimate of drug-likeness (QED) is 0.708. The number of hydrogen-bond donors (Lipinski definition) is 2. The standard InChI is InChI=1S/C11H19N3O/c1-13-4-5-14(2)10-6-9(12)7-11(8-10)15-3/h6-8,13H,4-5,12H2,1-3H3. The highest BCUT2D eigenvalue weighted by Crippen LogP contribution is 2.24. The molecule has 1 rings (SSSR count). The van der Waals surface area contributed by atoms with Gasteiger partial charge in [0, 0.05) is 43.6 Å². The van der Waals surface area contributed by atoms with Crippen LogP contribution in [0.25, 0.3) is 0 Å². The molecular weight excluding hydrogens is 190 g/mol. The summed E-state index contributed by atoms with van der Waals surface area (Å²) in [6.07, 6.45) is 0. The number of benzene rings is 1. The smallest absolute Gasteiger partial charge is 0.122 e. The number of ether oxygens (including phenoxy) is 1. The zero-order valence-corrected chi connectivity index (χ0v) is 9.58. The predicted octanol–water partition coefficient (Wildman–Crippen LogP) is 0.933. The summed E-state index contributed by atoms with van der Waals surface area (Å²) in [6, 6.07) is 5.74. The Labute approximate surface area is 91.0 Å². The van der Waals surface area contributed by atoms with Crippen LogP contribution in [-0.4, -0.2) is 34.3 Å². The van der Waals surface area contributed by atoms with Gasteiger partial charge >= 0.3 is 0 Å². The van der Waals surface area contributed by atoms with Gasteiger partial charge in [-0.3, -0.25) is 0 Å². The summed E-state index contributed by atoms with van der Waals surface area (Å²) in [5.41, 5.74) is 7.57. The van der Waals surface area contributed by atoms with Gasteiger partial charge in [0.2, 0.25) is 0 Å². The molecule has 0 aliphatic carbocycles. The molecule has 4 nitrogen and oxygen atoms in total. The van der Waals surface area contributed by atoms with Gasteiger partial charge in [-0.25, -0.2) is 0 Å². The number of likely N-dealkylation sites (N-methyl/N-ethyl adjacent to an activating group) is 2. The van der Waals surface area contributed by atoms with E-state index in [9.17, 15) is 0 Å². The summed E-state index contributed by atoms with van der Waals surface area (Å²) >= 11 is 0. The lowest BCUT2D eigenvalue weighted by molar-refractivity contribution is 0.415. The van der Waals surface area contributed by atoms with Crippen molar-refractivity contribution in [3.05, 3.63) is 18.2 Å². The van der Waals surface area contributed by atoms with Crippen molar-refractivity contribution >= 4 is 11.4 Å². The van der Waals surface area contributed by atoms with Gasteiger partial charge in [-0.15, -0.1) is 0 Å². The first-order valence-corrected chi connectivity index (χ1v) is 4.97. The number of hydrogen-bond acceptors (Lipinski definition) is 4. The summed E-state index contributed by atoms with van der Waals surface area (Å²) in [5.74, 6) is 0.793. The number of nitrogens with two attached hydrogens (primary N) is 1. The van der Waals surface area contributed by atoms with E-state index in [4.69, 9.17) is 10.5 Å². The van der Waals surface area contributed by atoms with Crippen LogP contribution in [0.15, 0.2) is 18.2 Å². The largest absolute Gasteiger partial charge is 0.497 e. The van der Waals surface area contributed by atoms with Crippen LogP contribution in [0.1, 0.15) is 0 Å². The van der Waals surface area contributed by atoms with Crippen LogP contribution in [0, 0.1) is 0 Å². The Bertz CT molecular complexity index is 315. The molecule has 0 atom stereocenters. The van der Waals surface area contributed by atoms with Crippen molar-refractivity contribution in [2.24, 2.45) is 0 Å². The minimum atomic E-state index is 0.723. The van der Waals surface area contributed by atoms with Crippen LogP contribution >= 0.6 is 0 Å². The highest BCUT2D eigenvalue weighted by atomic mass is 16.5. The van der Waals surface area contributed by atoms with E-state index in [1.54, 1.807) is 7.11 Å². The number of methoxy groups -OCH3 is 1. The SMILES string of the molecule is CNCCN(C)c1cc(N)cc(OC)c1. The summed E-state index contributed by atoms with van der Waals surface area (Å²) in [7, 11) is 5.62. The van der Waals surface area contributed by atoms with Crippen molar-refractivity contribution in [1.29, 1.82) is 0 Å². The van der Waals surface area contributed by atoms with Gasteiger partial charge in [0.1, 0.15) is 5.75 Å². The first-order valence-electron chi connectivity index (χ1n) is 4.97. The number of anilines is 2. The molecule has 0 saturated heterocycles. The highest BCUT2D eigenvalue weighted by molar-refractivity contribution is 5.60. The number of nitrogens with one attached hydrogen (secondary N) is 1. The molecule has 0 unspecified atom stereocenters. The van der Waals surface area contributed by atoms with Gasteiger partial charge in [0.05, 0.1) is 7.11 Å². The molecule has 3 N–H and O–H groups in total. The number of rotatable bonds is 5. The molecule has 0 saturated carbocycles. The van der Waals surface area contributed by atoms with Crippen LogP contribution < -0.4 is 20.7 Å². The lowest BCUT2D eigenvalue weighted by Crippen LogP contribution is -2.27. The molecule has 0 bridgehead atoms. The van der Waals surface area contributed by atoms with Gasteiger partial charge in [-0.1, -0.05) is 0 Å². The Morgan fingerprint density at radius 2 is 2.13 bits per heavy atom. The maximum absolute atomic E-state index is 5.78. The van der Waals surface area contributed by atoms with Crippen LogP contribution in [0.4, 0.5) is 11.4 Å². The monoisotopic (exact) mass is 209 g/mol. The summed E-state index contributed by atoms with van der Waals surface area (Å²) in [6.45, 7) is 1.87. The lowest BCUT2D eigenvalue weighted by atomic mass is 10.2. The normalized spacial score (nSPS) is 10.1. The van der Waals surface area contributed by atoms with E-state index in [-0.39, 0.29) is 0 Å². The van der Waals surface area contributed by atoms with Crippen molar-refractivity contribution in [3.63, 3.8) is 0 Å². The van der Waals surface area contributed by atoms with Crippen molar-refractivity contribution < 1.29 is 4.74 Å². The first kappa shape index (κ1) is 11.7. The molecule has 0 heterocycles. The molecule has 0 amide bonds. The average Bonchev–Trinajstić information content (AvgIpc) is 2.24. The third kappa shape index (κ3) is 3.32. The highest BCUT2D eigenvalue weighted by Gasteiger charge is 2.03. The molecule has 1 aromatic rings. The molecule has 4 heteroatoms. The van der Waals surface area contributed by atoms with E-state index >= 15 is 0 Å². The van der Waals surface area contributed by atoms with Gasteiger partial charge in [0.15, 0.2) is 0 Å². The van der Waals surface area contributed by atoms with E-state index in [2.05, 4.69) is 10.2 Å². The van der Waals surface area contributed by atoms with Crippen LogP contribution in [0.5, 0.6) is 5.75 Å². The Kier molecular flexibility index (Phi) is 4.24. The fraction of sp³-hybridized carbons (Fsp3) is 0.455. The molecule has 0 radical (unpaired) electrons. The molecule has 84 valence electrons. The van der Waals surface area contributed by atoms with Gasteiger partial charge in [-0.05, 0) is 13.1 Å². The van der Waals surface area contributed by atoms with Crippen LogP contribution in [0.3, 0.4) is 0 Å². The minimum Gasteiger partial charge on any atom is -0.497 e. The topological polar surface area (TPSA) is 50.5 Å². The van der Waals surface area contributed by atoms with Crippen molar-refractivity contribution in [2.75, 3.05) is 44.9 Å². The van der Waals surface area contributed by atoms with E-state index in [1.807, 2.05) is 32.3 Å². The molecule has 15 heavy (non-hydrogen) atoms. The maximum atomic E-state index is 5.78. The van der Waals surface area contributed by atoms with Crippen molar-refractivity contribution in [1.82, 2.24) is 5.32 Å². The molecular formula is C11H19N3O. The Hall–Kier alpha value is -1.42. The molecule has 0 aliphatic rings. The fourth-order valence-electron chi connectivity index (χ4n) is 1.35. The van der Waals surface area contributed by atoms with E-state index in [0.29, 0.717) is 0 Å². The fourth-order valence-corrected chi connectivity index (χ4v) is 1.35. The van der Waals surface area contributed by atoms with Crippen LogP contribution in [-0.2, 0) is 0 Å². The van der Waals surface area contributed by atoms with Gasteiger partial charge in [-0.2, -0.15) is 0 Å². The third-order valence-corrected chi connectivity index (χ3v) is 2.29. The van der Waals surface area contributed by atoms with Gasteiger partial charge in [0.25, 0.3) is 0 Å². The average molecular weight is 209 g/mol.